The Hall–Kier alpha value is -2.04. The zero-order chi connectivity index (χ0) is 15.7. The van der Waals surface area contributed by atoms with E-state index in [2.05, 4.69) is 5.32 Å². The molecule has 0 saturated carbocycles. The van der Waals surface area contributed by atoms with Crippen LogP contribution in [0.25, 0.3) is 0 Å². The molecule has 5 nitrogen and oxygen atoms in total. The third-order valence-electron chi connectivity index (χ3n) is 3.20. The summed E-state index contributed by atoms with van der Waals surface area (Å²) in [5.74, 6) is 0.759. The highest BCUT2D eigenvalue weighted by Crippen LogP contribution is 2.10. The van der Waals surface area contributed by atoms with Crippen LogP contribution in [0, 0.1) is 0 Å². The van der Waals surface area contributed by atoms with Gasteiger partial charge in [-0.3, -0.25) is 9.59 Å². The van der Waals surface area contributed by atoms with E-state index in [1.807, 2.05) is 31.2 Å². The molecule has 0 bridgehead atoms. The fourth-order valence-corrected chi connectivity index (χ4v) is 1.97. The first-order chi connectivity index (χ1) is 10.1. The molecule has 21 heavy (non-hydrogen) atoms. The Morgan fingerprint density at radius 2 is 1.86 bits per heavy atom. The van der Waals surface area contributed by atoms with Crippen molar-refractivity contribution in [2.75, 3.05) is 20.2 Å². The van der Waals surface area contributed by atoms with Gasteiger partial charge in [0.15, 0.2) is 0 Å². The van der Waals surface area contributed by atoms with Gasteiger partial charge >= 0.3 is 0 Å². The molecule has 0 unspecified atom stereocenters. The second kappa shape index (κ2) is 9.00. The number of carbonyl (C=O) groups is 2. The Balaban J connectivity index is 2.34. The van der Waals surface area contributed by atoms with Gasteiger partial charge in [0, 0.05) is 33.0 Å². The van der Waals surface area contributed by atoms with E-state index in [1.165, 1.54) is 6.92 Å². The fraction of sp³-hybridized carbons (Fsp3) is 0.500. The van der Waals surface area contributed by atoms with Gasteiger partial charge in [-0.15, -0.1) is 0 Å². The van der Waals surface area contributed by atoms with Crippen molar-refractivity contribution in [1.82, 2.24) is 10.2 Å². The number of hydrogen-bond donors (Lipinski definition) is 1. The van der Waals surface area contributed by atoms with Gasteiger partial charge in [0.05, 0.1) is 7.11 Å². The highest BCUT2D eigenvalue weighted by atomic mass is 16.5. The van der Waals surface area contributed by atoms with E-state index >= 15 is 0 Å². The third kappa shape index (κ3) is 6.29. The number of rotatable bonds is 8. The zero-order valence-corrected chi connectivity index (χ0v) is 13.0. The summed E-state index contributed by atoms with van der Waals surface area (Å²) in [5, 5.41) is 2.86. The van der Waals surface area contributed by atoms with Crippen molar-refractivity contribution in [2.45, 2.75) is 33.2 Å². The van der Waals surface area contributed by atoms with Crippen LogP contribution >= 0.6 is 0 Å². The minimum Gasteiger partial charge on any atom is -0.497 e. The van der Waals surface area contributed by atoms with Gasteiger partial charge in [-0.25, -0.2) is 0 Å². The van der Waals surface area contributed by atoms with Crippen molar-refractivity contribution < 1.29 is 14.3 Å². The molecule has 0 atom stereocenters. The SMILES string of the molecule is CCCN(CCC(=O)NCc1ccc(OC)cc1)C(C)=O. The Labute approximate surface area is 126 Å². The predicted molar refractivity (Wildman–Crippen MR) is 82.0 cm³/mol. The molecule has 2 amide bonds. The average molecular weight is 292 g/mol. The normalized spacial score (nSPS) is 10.0. The Morgan fingerprint density at radius 3 is 2.38 bits per heavy atom. The van der Waals surface area contributed by atoms with Crippen LogP contribution in [0.1, 0.15) is 32.3 Å². The average Bonchev–Trinajstić information content (AvgIpc) is 2.49. The van der Waals surface area contributed by atoms with E-state index in [1.54, 1.807) is 12.0 Å². The molecule has 0 aliphatic rings. The minimum atomic E-state index is -0.0480. The molecule has 5 heteroatoms. The molecule has 0 aliphatic carbocycles. The zero-order valence-electron chi connectivity index (χ0n) is 13.0. The van der Waals surface area contributed by atoms with Crippen molar-refractivity contribution in [3.8, 4) is 5.75 Å². The lowest BCUT2D eigenvalue weighted by atomic mass is 10.2. The maximum absolute atomic E-state index is 11.8. The topological polar surface area (TPSA) is 58.6 Å². The Bertz CT molecular complexity index is 457. The number of nitrogens with zero attached hydrogens (tertiary/aromatic N) is 1. The molecule has 0 spiro atoms. The van der Waals surface area contributed by atoms with E-state index in [0.29, 0.717) is 26.1 Å². The molecule has 0 saturated heterocycles. The van der Waals surface area contributed by atoms with E-state index in [4.69, 9.17) is 4.74 Å². The van der Waals surface area contributed by atoms with Crippen LogP contribution in [-0.2, 0) is 16.1 Å². The summed E-state index contributed by atoms with van der Waals surface area (Å²) in [4.78, 5) is 24.9. The summed E-state index contributed by atoms with van der Waals surface area (Å²) < 4.78 is 5.08. The number of benzene rings is 1. The number of carbonyl (C=O) groups excluding carboxylic acids is 2. The van der Waals surface area contributed by atoms with Gasteiger partial charge in [0.25, 0.3) is 0 Å². The smallest absolute Gasteiger partial charge is 0.222 e. The largest absolute Gasteiger partial charge is 0.497 e. The van der Waals surface area contributed by atoms with Crippen LogP contribution in [0.2, 0.25) is 0 Å². The van der Waals surface area contributed by atoms with Crippen LogP contribution in [0.15, 0.2) is 24.3 Å². The van der Waals surface area contributed by atoms with Crippen molar-refractivity contribution in [3.63, 3.8) is 0 Å². The minimum absolute atomic E-state index is 0.0137. The second-order valence-corrected chi connectivity index (χ2v) is 4.88. The van der Waals surface area contributed by atoms with Gasteiger partial charge in [-0.1, -0.05) is 19.1 Å². The molecule has 0 aromatic heterocycles. The number of amides is 2. The summed E-state index contributed by atoms with van der Waals surface area (Å²) >= 11 is 0. The number of ether oxygens (including phenoxy) is 1. The number of hydrogen-bond acceptors (Lipinski definition) is 3. The second-order valence-electron chi connectivity index (χ2n) is 4.88. The molecule has 1 rings (SSSR count). The quantitative estimate of drug-likeness (QED) is 0.797. The lowest BCUT2D eigenvalue weighted by molar-refractivity contribution is -0.129. The van der Waals surface area contributed by atoms with Crippen LogP contribution < -0.4 is 10.1 Å². The van der Waals surface area contributed by atoms with Crippen molar-refractivity contribution in [3.05, 3.63) is 29.8 Å². The lowest BCUT2D eigenvalue weighted by Gasteiger charge is -2.19. The summed E-state index contributed by atoms with van der Waals surface area (Å²) in [7, 11) is 1.62. The summed E-state index contributed by atoms with van der Waals surface area (Å²) in [6.07, 6.45) is 1.22. The summed E-state index contributed by atoms with van der Waals surface area (Å²) in [6, 6.07) is 7.55. The molecule has 1 aromatic rings. The van der Waals surface area contributed by atoms with Crippen LogP contribution in [0.5, 0.6) is 5.75 Å². The van der Waals surface area contributed by atoms with E-state index in [0.717, 1.165) is 17.7 Å². The Morgan fingerprint density at radius 1 is 1.19 bits per heavy atom. The van der Waals surface area contributed by atoms with Gasteiger partial charge in [-0.2, -0.15) is 0 Å². The molecular weight excluding hydrogens is 268 g/mol. The first-order valence-electron chi connectivity index (χ1n) is 7.22. The monoisotopic (exact) mass is 292 g/mol. The molecule has 1 aromatic carbocycles. The van der Waals surface area contributed by atoms with Gasteiger partial charge in [0.1, 0.15) is 5.75 Å². The van der Waals surface area contributed by atoms with Gasteiger partial charge < -0.3 is 15.0 Å². The van der Waals surface area contributed by atoms with Crippen LogP contribution in [0.4, 0.5) is 0 Å². The maximum Gasteiger partial charge on any atom is 0.222 e. The van der Waals surface area contributed by atoms with E-state index in [9.17, 15) is 9.59 Å². The molecule has 116 valence electrons. The van der Waals surface area contributed by atoms with Crippen LogP contribution in [-0.4, -0.2) is 36.9 Å². The highest BCUT2D eigenvalue weighted by molar-refractivity contribution is 5.78. The van der Waals surface area contributed by atoms with Gasteiger partial charge in [-0.05, 0) is 24.1 Å². The van der Waals surface area contributed by atoms with Crippen molar-refractivity contribution >= 4 is 11.8 Å². The van der Waals surface area contributed by atoms with E-state index in [-0.39, 0.29) is 11.8 Å². The van der Waals surface area contributed by atoms with Crippen molar-refractivity contribution in [1.29, 1.82) is 0 Å². The predicted octanol–water partition coefficient (Wildman–Crippen LogP) is 1.96. The molecule has 0 radical (unpaired) electrons. The maximum atomic E-state index is 11.8. The molecule has 1 N–H and O–H groups in total. The standard InChI is InChI=1S/C16H24N2O3/c1-4-10-18(13(2)19)11-9-16(20)17-12-14-5-7-15(21-3)8-6-14/h5-8H,4,9-12H2,1-3H3,(H,17,20). The van der Waals surface area contributed by atoms with Crippen molar-refractivity contribution in [2.24, 2.45) is 0 Å². The summed E-state index contributed by atoms with van der Waals surface area (Å²) in [6.45, 7) is 5.19. The number of methoxy groups -OCH3 is 1. The molecular formula is C16H24N2O3. The first-order valence-corrected chi connectivity index (χ1v) is 7.22. The third-order valence-corrected chi connectivity index (χ3v) is 3.20. The van der Waals surface area contributed by atoms with Crippen LogP contribution in [0.3, 0.4) is 0 Å². The van der Waals surface area contributed by atoms with Gasteiger partial charge in [0.2, 0.25) is 11.8 Å². The number of nitrogens with one attached hydrogen (secondary N) is 1. The first kappa shape index (κ1) is 17.0. The Kier molecular flexibility index (Phi) is 7.29. The summed E-state index contributed by atoms with van der Waals surface area (Å²) in [5.41, 5.74) is 1.01. The lowest BCUT2D eigenvalue weighted by Crippen LogP contribution is -2.34. The molecule has 0 heterocycles. The molecule has 0 aliphatic heterocycles. The highest BCUT2D eigenvalue weighted by Gasteiger charge is 2.09. The van der Waals surface area contributed by atoms with E-state index < -0.39 is 0 Å². The molecule has 0 fully saturated rings. The fourth-order valence-electron chi connectivity index (χ4n) is 1.97.